The van der Waals surface area contributed by atoms with Crippen molar-refractivity contribution in [3.63, 3.8) is 0 Å². The smallest absolute Gasteiger partial charge is 0.301 e. The van der Waals surface area contributed by atoms with Crippen molar-refractivity contribution in [2.45, 2.75) is 12.8 Å². The Morgan fingerprint density at radius 3 is 2.30 bits per heavy atom. The van der Waals surface area contributed by atoms with E-state index in [0.29, 0.717) is 25.6 Å². The van der Waals surface area contributed by atoms with Gasteiger partial charge in [-0.1, -0.05) is 29.3 Å². The molecule has 1 aliphatic rings. The highest BCUT2D eigenvalue weighted by Crippen LogP contribution is 2.31. The molecule has 8 heteroatoms. The summed E-state index contributed by atoms with van der Waals surface area (Å²) < 4.78 is 28.5. The molecule has 3 N–H and O–H groups in total. The zero-order valence-electron chi connectivity index (χ0n) is 10.9. The number of piperidine rings is 1. The monoisotopic (exact) mass is 337 g/mol. The lowest BCUT2D eigenvalue weighted by molar-refractivity contribution is 0.280. The van der Waals surface area contributed by atoms with Gasteiger partial charge < -0.3 is 5.73 Å². The van der Waals surface area contributed by atoms with E-state index in [-0.39, 0.29) is 15.7 Å². The van der Waals surface area contributed by atoms with Gasteiger partial charge in [-0.15, -0.1) is 0 Å². The molecule has 5 nitrogen and oxygen atoms in total. The maximum atomic E-state index is 12.3. The van der Waals surface area contributed by atoms with Crippen molar-refractivity contribution in [1.29, 1.82) is 0 Å². The second-order valence-corrected chi connectivity index (χ2v) is 7.27. The minimum Gasteiger partial charge on any atom is -0.330 e. The van der Waals surface area contributed by atoms with Crippen LogP contribution in [-0.2, 0) is 10.2 Å². The second-order valence-electron chi connectivity index (χ2n) is 4.78. The first-order chi connectivity index (χ1) is 9.44. The number of hydrogen-bond donors (Lipinski definition) is 2. The quantitative estimate of drug-likeness (QED) is 0.885. The minimum absolute atomic E-state index is 0.219. The van der Waals surface area contributed by atoms with Gasteiger partial charge in [0.2, 0.25) is 0 Å². The van der Waals surface area contributed by atoms with Gasteiger partial charge in [-0.2, -0.15) is 12.7 Å². The number of benzene rings is 1. The third-order valence-electron chi connectivity index (χ3n) is 3.44. The Morgan fingerprint density at radius 1 is 1.25 bits per heavy atom. The number of nitrogens with two attached hydrogens (primary N) is 1. The largest absolute Gasteiger partial charge is 0.330 e. The Balaban J connectivity index is 2.12. The second kappa shape index (κ2) is 6.49. The Morgan fingerprint density at radius 2 is 1.80 bits per heavy atom. The molecular weight excluding hydrogens is 321 g/mol. The fourth-order valence-electron chi connectivity index (χ4n) is 2.17. The van der Waals surface area contributed by atoms with Crippen LogP contribution in [0.2, 0.25) is 10.0 Å². The van der Waals surface area contributed by atoms with Crippen LogP contribution in [0.4, 0.5) is 5.69 Å². The van der Waals surface area contributed by atoms with Gasteiger partial charge in [-0.3, -0.25) is 4.72 Å². The highest BCUT2D eigenvalue weighted by molar-refractivity contribution is 7.90. The average Bonchev–Trinajstić information content (AvgIpc) is 2.43. The summed E-state index contributed by atoms with van der Waals surface area (Å²) >= 11 is 11.9. The summed E-state index contributed by atoms with van der Waals surface area (Å²) in [6, 6.07) is 4.84. The third kappa shape index (κ3) is 3.56. The van der Waals surface area contributed by atoms with Crippen LogP contribution < -0.4 is 10.5 Å². The minimum atomic E-state index is -3.64. The summed E-state index contributed by atoms with van der Waals surface area (Å²) in [5.74, 6) is 0.394. The molecular formula is C12H17Cl2N3O2S. The van der Waals surface area contributed by atoms with Gasteiger partial charge in [-0.25, -0.2) is 0 Å². The number of rotatable bonds is 4. The van der Waals surface area contributed by atoms with Crippen LogP contribution in [-0.4, -0.2) is 32.4 Å². The van der Waals surface area contributed by atoms with Crippen LogP contribution >= 0.6 is 23.2 Å². The van der Waals surface area contributed by atoms with Crippen LogP contribution in [0.25, 0.3) is 0 Å². The number of para-hydroxylation sites is 1. The van der Waals surface area contributed by atoms with Crippen molar-refractivity contribution in [2.24, 2.45) is 11.7 Å². The average molecular weight is 338 g/mol. The van der Waals surface area contributed by atoms with Gasteiger partial charge in [0.1, 0.15) is 0 Å². The van der Waals surface area contributed by atoms with E-state index in [9.17, 15) is 8.42 Å². The van der Waals surface area contributed by atoms with Crippen molar-refractivity contribution in [1.82, 2.24) is 4.31 Å². The molecule has 20 heavy (non-hydrogen) atoms. The third-order valence-corrected chi connectivity index (χ3v) is 5.58. The first-order valence-electron chi connectivity index (χ1n) is 6.36. The lowest BCUT2D eigenvalue weighted by Gasteiger charge is -2.30. The molecule has 0 atom stereocenters. The lowest BCUT2D eigenvalue weighted by Crippen LogP contribution is -2.42. The van der Waals surface area contributed by atoms with Gasteiger partial charge in [0.15, 0.2) is 0 Å². The molecule has 0 spiro atoms. The van der Waals surface area contributed by atoms with Crippen molar-refractivity contribution < 1.29 is 8.42 Å². The summed E-state index contributed by atoms with van der Waals surface area (Å²) in [6.07, 6.45) is 1.54. The van der Waals surface area contributed by atoms with E-state index in [2.05, 4.69) is 4.72 Å². The molecule has 0 amide bonds. The zero-order chi connectivity index (χ0) is 14.8. The van der Waals surface area contributed by atoms with E-state index >= 15 is 0 Å². The summed E-state index contributed by atoms with van der Waals surface area (Å²) in [5.41, 5.74) is 5.82. The van der Waals surface area contributed by atoms with E-state index in [1.165, 1.54) is 4.31 Å². The lowest BCUT2D eigenvalue weighted by atomic mass is 9.99. The molecule has 0 bridgehead atoms. The van der Waals surface area contributed by atoms with Crippen LogP contribution in [0.1, 0.15) is 12.8 Å². The van der Waals surface area contributed by atoms with Crippen molar-refractivity contribution in [2.75, 3.05) is 24.4 Å². The highest BCUT2D eigenvalue weighted by atomic mass is 35.5. The number of anilines is 1. The SMILES string of the molecule is NCC1CCN(S(=O)(=O)Nc2c(Cl)cccc2Cl)CC1. The number of halogens is 2. The fraction of sp³-hybridized carbons (Fsp3) is 0.500. The fourth-order valence-corrected chi connectivity index (χ4v) is 4.08. The first kappa shape index (κ1) is 15.9. The first-order valence-corrected chi connectivity index (χ1v) is 8.55. The normalized spacial score (nSPS) is 18.1. The summed E-state index contributed by atoms with van der Waals surface area (Å²) in [6.45, 7) is 1.51. The molecule has 1 fully saturated rings. The molecule has 1 heterocycles. The molecule has 0 aromatic heterocycles. The molecule has 0 unspecified atom stereocenters. The number of hydrogen-bond acceptors (Lipinski definition) is 3. The Bertz CT molecular complexity index is 552. The molecule has 0 radical (unpaired) electrons. The Labute approximate surface area is 129 Å². The molecule has 0 saturated carbocycles. The van der Waals surface area contributed by atoms with Crippen molar-refractivity contribution in [3.05, 3.63) is 28.2 Å². The van der Waals surface area contributed by atoms with E-state index in [1.54, 1.807) is 18.2 Å². The van der Waals surface area contributed by atoms with Crippen LogP contribution in [0.5, 0.6) is 0 Å². The summed E-state index contributed by atoms with van der Waals surface area (Å²) in [7, 11) is -3.64. The molecule has 0 aliphatic carbocycles. The maximum Gasteiger partial charge on any atom is 0.301 e. The Kier molecular flexibility index (Phi) is 5.14. The molecule has 1 saturated heterocycles. The predicted octanol–water partition coefficient (Wildman–Crippen LogP) is 2.32. The van der Waals surface area contributed by atoms with Gasteiger partial charge >= 0.3 is 10.2 Å². The van der Waals surface area contributed by atoms with Crippen LogP contribution in [0, 0.1) is 5.92 Å². The standard InChI is InChI=1S/C12H17Cl2N3O2S/c13-10-2-1-3-11(14)12(10)16-20(18,19)17-6-4-9(8-15)5-7-17/h1-3,9,16H,4-8,15H2. The van der Waals surface area contributed by atoms with Crippen molar-refractivity contribution >= 4 is 39.1 Å². The molecule has 2 rings (SSSR count). The van der Waals surface area contributed by atoms with Crippen LogP contribution in [0.3, 0.4) is 0 Å². The van der Waals surface area contributed by atoms with E-state index in [0.717, 1.165) is 12.8 Å². The predicted molar refractivity (Wildman–Crippen MR) is 82.4 cm³/mol. The summed E-state index contributed by atoms with van der Waals surface area (Å²) in [5, 5.41) is 0.552. The van der Waals surface area contributed by atoms with Gasteiger partial charge in [-0.05, 0) is 37.4 Å². The van der Waals surface area contributed by atoms with E-state index in [4.69, 9.17) is 28.9 Å². The molecule has 1 aliphatic heterocycles. The summed E-state index contributed by atoms with van der Waals surface area (Å²) in [4.78, 5) is 0. The van der Waals surface area contributed by atoms with E-state index in [1.807, 2.05) is 0 Å². The van der Waals surface area contributed by atoms with Crippen LogP contribution in [0.15, 0.2) is 18.2 Å². The zero-order valence-corrected chi connectivity index (χ0v) is 13.2. The maximum absolute atomic E-state index is 12.3. The molecule has 112 valence electrons. The van der Waals surface area contributed by atoms with Crippen molar-refractivity contribution in [3.8, 4) is 0 Å². The van der Waals surface area contributed by atoms with Gasteiger partial charge in [0.05, 0.1) is 15.7 Å². The number of nitrogens with zero attached hydrogens (tertiary/aromatic N) is 1. The highest BCUT2D eigenvalue weighted by Gasteiger charge is 2.28. The Hall–Kier alpha value is -0.530. The molecule has 1 aromatic rings. The topological polar surface area (TPSA) is 75.4 Å². The van der Waals surface area contributed by atoms with Gasteiger partial charge in [0, 0.05) is 13.1 Å². The van der Waals surface area contributed by atoms with E-state index < -0.39 is 10.2 Å². The molecule has 1 aromatic carbocycles. The number of nitrogens with one attached hydrogen (secondary N) is 1. The van der Waals surface area contributed by atoms with Gasteiger partial charge in [0.25, 0.3) is 0 Å².